The number of pyridine rings is 1. The summed E-state index contributed by atoms with van der Waals surface area (Å²) in [6.45, 7) is 7.77. The summed E-state index contributed by atoms with van der Waals surface area (Å²) in [5, 5.41) is 0. The molecule has 0 aliphatic rings. The van der Waals surface area contributed by atoms with Crippen molar-refractivity contribution in [1.82, 2.24) is 9.88 Å². The molecule has 82 valence electrons. The summed E-state index contributed by atoms with van der Waals surface area (Å²) in [6, 6.07) is 5.97. The van der Waals surface area contributed by atoms with Gasteiger partial charge in [-0.15, -0.1) is 0 Å². The van der Waals surface area contributed by atoms with E-state index in [1.54, 1.807) is 6.92 Å². The lowest BCUT2D eigenvalue weighted by atomic mass is 10.3. The first-order valence-corrected chi connectivity index (χ1v) is 5.26. The molecule has 0 aromatic carbocycles. The Morgan fingerprint density at radius 2 is 2.20 bits per heavy atom. The molecule has 1 aromatic heterocycles. The van der Waals surface area contributed by atoms with E-state index in [9.17, 15) is 4.79 Å². The fourth-order valence-electron chi connectivity index (χ4n) is 1.51. The zero-order valence-electron chi connectivity index (χ0n) is 9.66. The minimum atomic E-state index is 0.199. The van der Waals surface area contributed by atoms with Crippen molar-refractivity contribution in [2.75, 3.05) is 13.1 Å². The molecule has 0 amide bonds. The average molecular weight is 206 g/mol. The Kier molecular flexibility index (Phi) is 4.43. The maximum Gasteiger partial charge on any atom is 0.143 e. The molecule has 0 atom stereocenters. The molecule has 0 unspecified atom stereocenters. The Morgan fingerprint density at radius 1 is 1.47 bits per heavy atom. The minimum absolute atomic E-state index is 0.199. The molecule has 1 heterocycles. The zero-order chi connectivity index (χ0) is 11.3. The van der Waals surface area contributed by atoms with Crippen molar-refractivity contribution >= 4 is 5.78 Å². The molecule has 0 spiro atoms. The van der Waals surface area contributed by atoms with Crippen molar-refractivity contribution in [3.05, 3.63) is 29.6 Å². The third-order valence-corrected chi connectivity index (χ3v) is 2.23. The second-order valence-electron chi connectivity index (χ2n) is 3.78. The van der Waals surface area contributed by atoms with Crippen LogP contribution in [0.2, 0.25) is 0 Å². The van der Waals surface area contributed by atoms with E-state index in [0.717, 1.165) is 24.5 Å². The highest BCUT2D eigenvalue weighted by Gasteiger charge is 2.06. The van der Waals surface area contributed by atoms with Crippen LogP contribution in [0.1, 0.15) is 25.2 Å². The molecular weight excluding hydrogens is 188 g/mol. The van der Waals surface area contributed by atoms with Gasteiger partial charge in [-0.3, -0.25) is 14.7 Å². The summed E-state index contributed by atoms with van der Waals surface area (Å²) in [5.41, 5.74) is 2.05. The van der Waals surface area contributed by atoms with E-state index in [1.165, 1.54) is 0 Å². The molecule has 0 radical (unpaired) electrons. The van der Waals surface area contributed by atoms with Crippen molar-refractivity contribution < 1.29 is 4.79 Å². The Hall–Kier alpha value is -1.22. The fourth-order valence-corrected chi connectivity index (χ4v) is 1.51. The second kappa shape index (κ2) is 5.61. The molecule has 3 heteroatoms. The summed E-state index contributed by atoms with van der Waals surface area (Å²) >= 11 is 0. The van der Waals surface area contributed by atoms with Crippen LogP contribution in [0.3, 0.4) is 0 Å². The lowest BCUT2D eigenvalue weighted by Crippen LogP contribution is -2.28. The van der Waals surface area contributed by atoms with E-state index in [4.69, 9.17) is 0 Å². The Bertz CT molecular complexity index is 336. The molecule has 0 N–H and O–H groups in total. The highest BCUT2D eigenvalue weighted by molar-refractivity contribution is 5.77. The van der Waals surface area contributed by atoms with Crippen LogP contribution in [0.5, 0.6) is 0 Å². The van der Waals surface area contributed by atoms with Gasteiger partial charge in [0, 0.05) is 12.2 Å². The van der Waals surface area contributed by atoms with Crippen molar-refractivity contribution in [3.8, 4) is 0 Å². The number of ketones is 1. The van der Waals surface area contributed by atoms with Gasteiger partial charge in [0.15, 0.2) is 0 Å². The summed E-state index contributed by atoms with van der Waals surface area (Å²) in [7, 11) is 0. The highest BCUT2D eigenvalue weighted by atomic mass is 16.1. The number of likely N-dealkylation sites (N-methyl/N-ethyl adjacent to an activating group) is 1. The normalized spacial score (nSPS) is 10.7. The summed E-state index contributed by atoms with van der Waals surface area (Å²) < 4.78 is 0. The number of rotatable bonds is 5. The van der Waals surface area contributed by atoms with Crippen molar-refractivity contribution in [3.63, 3.8) is 0 Å². The first-order chi connectivity index (χ1) is 7.11. The molecule has 1 rings (SSSR count). The molecule has 1 aromatic rings. The lowest BCUT2D eigenvalue weighted by molar-refractivity contribution is -0.118. The number of aryl methyl sites for hydroxylation is 1. The number of hydrogen-bond donors (Lipinski definition) is 0. The molecule has 0 aliphatic carbocycles. The topological polar surface area (TPSA) is 33.2 Å². The SMILES string of the molecule is CCN(CC(C)=O)Cc1cccc(C)n1. The molecule has 0 fully saturated rings. The smallest absolute Gasteiger partial charge is 0.143 e. The van der Waals surface area contributed by atoms with E-state index in [1.807, 2.05) is 25.1 Å². The molecule has 0 saturated carbocycles. The quantitative estimate of drug-likeness (QED) is 0.736. The molecule has 3 nitrogen and oxygen atoms in total. The number of hydrogen-bond acceptors (Lipinski definition) is 3. The molecule has 0 aliphatic heterocycles. The molecule has 0 bridgehead atoms. The van der Waals surface area contributed by atoms with Crippen LogP contribution in [0, 0.1) is 6.92 Å². The average Bonchev–Trinajstić information content (AvgIpc) is 2.16. The third kappa shape index (κ3) is 4.21. The van der Waals surface area contributed by atoms with Gasteiger partial charge in [-0.1, -0.05) is 13.0 Å². The highest BCUT2D eigenvalue weighted by Crippen LogP contribution is 2.02. The summed E-state index contributed by atoms with van der Waals surface area (Å²) in [4.78, 5) is 17.5. The number of carbonyl (C=O) groups is 1. The third-order valence-electron chi connectivity index (χ3n) is 2.23. The predicted octanol–water partition coefficient (Wildman–Crippen LogP) is 1.80. The molecule has 15 heavy (non-hydrogen) atoms. The number of nitrogens with zero attached hydrogens (tertiary/aromatic N) is 2. The van der Waals surface area contributed by atoms with Gasteiger partial charge in [-0.05, 0) is 32.5 Å². The van der Waals surface area contributed by atoms with Crippen molar-refractivity contribution in [2.24, 2.45) is 0 Å². The Morgan fingerprint density at radius 3 is 2.73 bits per heavy atom. The summed E-state index contributed by atoms with van der Waals surface area (Å²) in [5.74, 6) is 0.199. The summed E-state index contributed by atoms with van der Waals surface area (Å²) in [6.07, 6.45) is 0. The van der Waals surface area contributed by atoms with Gasteiger partial charge < -0.3 is 0 Å². The number of carbonyl (C=O) groups excluding carboxylic acids is 1. The molecular formula is C12H18N2O. The maximum atomic E-state index is 11.0. The Labute approximate surface area is 91.1 Å². The first kappa shape index (κ1) is 11.9. The standard InChI is InChI=1S/C12H18N2O/c1-4-14(8-11(3)15)9-12-7-5-6-10(2)13-12/h5-7H,4,8-9H2,1-3H3. The van der Waals surface area contributed by atoms with Gasteiger partial charge in [0.25, 0.3) is 0 Å². The van der Waals surface area contributed by atoms with Crippen LogP contribution in [-0.4, -0.2) is 28.8 Å². The van der Waals surface area contributed by atoms with Crippen LogP contribution in [0.4, 0.5) is 0 Å². The monoisotopic (exact) mass is 206 g/mol. The van der Waals surface area contributed by atoms with Crippen LogP contribution in [0.25, 0.3) is 0 Å². The Balaban J connectivity index is 2.62. The molecule has 0 saturated heterocycles. The van der Waals surface area contributed by atoms with Gasteiger partial charge in [-0.25, -0.2) is 0 Å². The van der Waals surface area contributed by atoms with Gasteiger partial charge in [0.1, 0.15) is 5.78 Å². The van der Waals surface area contributed by atoms with Gasteiger partial charge in [0.05, 0.1) is 12.2 Å². The minimum Gasteiger partial charge on any atom is -0.299 e. The second-order valence-corrected chi connectivity index (χ2v) is 3.78. The number of aromatic nitrogens is 1. The number of Topliss-reactive ketones (excluding diaryl/α,β-unsaturated/α-hetero) is 1. The van der Waals surface area contributed by atoms with Crippen LogP contribution < -0.4 is 0 Å². The van der Waals surface area contributed by atoms with Crippen molar-refractivity contribution in [2.45, 2.75) is 27.3 Å². The van der Waals surface area contributed by atoms with E-state index in [0.29, 0.717) is 6.54 Å². The largest absolute Gasteiger partial charge is 0.299 e. The van der Waals surface area contributed by atoms with Gasteiger partial charge in [-0.2, -0.15) is 0 Å². The fraction of sp³-hybridized carbons (Fsp3) is 0.500. The van der Waals surface area contributed by atoms with E-state index in [-0.39, 0.29) is 5.78 Å². The zero-order valence-corrected chi connectivity index (χ0v) is 9.66. The first-order valence-electron chi connectivity index (χ1n) is 5.26. The van der Waals surface area contributed by atoms with Crippen LogP contribution in [-0.2, 0) is 11.3 Å². The van der Waals surface area contributed by atoms with E-state index >= 15 is 0 Å². The van der Waals surface area contributed by atoms with Crippen LogP contribution >= 0.6 is 0 Å². The van der Waals surface area contributed by atoms with Gasteiger partial charge in [0.2, 0.25) is 0 Å². The van der Waals surface area contributed by atoms with Crippen LogP contribution in [0.15, 0.2) is 18.2 Å². The predicted molar refractivity (Wildman–Crippen MR) is 60.6 cm³/mol. The van der Waals surface area contributed by atoms with Crippen molar-refractivity contribution in [1.29, 1.82) is 0 Å². The van der Waals surface area contributed by atoms with E-state index in [2.05, 4.69) is 16.8 Å². The van der Waals surface area contributed by atoms with Gasteiger partial charge >= 0.3 is 0 Å². The maximum absolute atomic E-state index is 11.0. The lowest BCUT2D eigenvalue weighted by Gasteiger charge is -2.18. The van der Waals surface area contributed by atoms with E-state index < -0.39 is 0 Å².